The standard InChI is InChI=1S/C18H21ClN2O3S/c1-11(18(22)21-6-4-17-12(10-21)5-7-25-17)20-14-8-13(19)15(23-2)9-16(14)24-3/h5,7-9,11,20H,4,6,10H2,1-3H3. The second kappa shape index (κ2) is 7.54. The number of hydrogen-bond donors (Lipinski definition) is 1. The molecule has 3 rings (SSSR count). The van der Waals surface area contributed by atoms with E-state index in [-0.39, 0.29) is 5.91 Å². The molecule has 5 nitrogen and oxygen atoms in total. The molecule has 0 bridgehead atoms. The van der Waals surface area contributed by atoms with Crippen LogP contribution in [0.1, 0.15) is 17.4 Å². The van der Waals surface area contributed by atoms with Crippen molar-refractivity contribution in [2.45, 2.75) is 25.9 Å². The Balaban J connectivity index is 1.73. The van der Waals surface area contributed by atoms with Crippen LogP contribution < -0.4 is 14.8 Å². The van der Waals surface area contributed by atoms with Gasteiger partial charge in [0.2, 0.25) is 5.91 Å². The number of nitrogens with zero attached hydrogens (tertiary/aromatic N) is 1. The number of nitrogens with one attached hydrogen (secondary N) is 1. The maximum Gasteiger partial charge on any atom is 0.245 e. The Morgan fingerprint density at radius 3 is 2.80 bits per heavy atom. The van der Waals surface area contributed by atoms with Crippen molar-refractivity contribution in [1.82, 2.24) is 4.90 Å². The average molecular weight is 381 g/mol. The SMILES string of the molecule is COc1cc(OC)c(NC(C)C(=O)N2CCc3sccc3C2)cc1Cl. The molecule has 1 aromatic carbocycles. The van der Waals surface area contributed by atoms with E-state index in [1.165, 1.54) is 10.4 Å². The summed E-state index contributed by atoms with van der Waals surface area (Å²) < 4.78 is 10.6. The van der Waals surface area contributed by atoms with E-state index in [0.29, 0.717) is 28.8 Å². The summed E-state index contributed by atoms with van der Waals surface area (Å²) in [5.74, 6) is 1.18. The number of hydrogen-bond acceptors (Lipinski definition) is 5. The Bertz CT molecular complexity index is 778. The van der Waals surface area contributed by atoms with Crippen molar-refractivity contribution in [1.29, 1.82) is 0 Å². The zero-order valence-corrected chi connectivity index (χ0v) is 16.0. The zero-order valence-electron chi connectivity index (χ0n) is 14.5. The highest BCUT2D eigenvalue weighted by molar-refractivity contribution is 7.10. The number of methoxy groups -OCH3 is 2. The Hall–Kier alpha value is -1.92. The van der Waals surface area contributed by atoms with Gasteiger partial charge in [0.1, 0.15) is 17.5 Å². The molecule has 0 saturated heterocycles. The van der Waals surface area contributed by atoms with Crippen LogP contribution in [0.3, 0.4) is 0 Å². The van der Waals surface area contributed by atoms with Gasteiger partial charge in [0.15, 0.2) is 0 Å². The van der Waals surface area contributed by atoms with Gasteiger partial charge >= 0.3 is 0 Å². The summed E-state index contributed by atoms with van der Waals surface area (Å²) in [6.07, 6.45) is 0.920. The third-order valence-corrected chi connectivity index (χ3v) is 5.65. The van der Waals surface area contributed by atoms with Gasteiger partial charge in [-0.3, -0.25) is 4.79 Å². The molecule has 1 amide bonds. The van der Waals surface area contributed by atoms with Crippen molar-refractivity contribution in [3.8, 4) is 11.5 Å². The van der Waals surface area contributed by atoms with Crippen LogP contribution in [0.5, 0.6) is 11.5 Å². The molecule has 0 spiro atoms. The molecule has 134 valence electrons. The number of amides is 1. The molecule has 0 radical (unpaired) electrons. The Labute approximate surface area is 156 Å². The second-order valence-electron chi connectivity index (χ2n) is 5.93. The van der Waals surface area contributed by atoms with Crippen LogP contribution in [-0.2, 0) is 17.8 Å². The lowest BCUT2D eigenvalue weighted by Crippen LogP contribution is -2.43. The van der Waals surface area contributed by atoms with Crippen LogP contribution in [0.15, 0.2) is 23.6 Å². The summed E-state index contributed by atoms with van der Waals surface area (Å²) >= 11 is 7.96. The van der Waals surface area contributed by atoms with Crippen LogP contribution >= 0.6 is 22.9 Å². The molecule has 0 aliphatic carbocycles. The van der Waals surface area contributed by atoms with Gasteiger partial charge in [-0.05, 0) is 36.4 Å². The summed E-state index contributed by atoms with van der Waals surface area (Å²) in [7, 11) is 3.12. The monoisotopic (exact) mass is 380 g/mol. The molecular formula is C18H21ClN2O3S. The summed E-state index contributed by atoms with van der Waals surface area (Å²) in [5, 5.41) is 5.77. The third kappa shape index (κ3) is 3.70. The van der Waals surface area contributed by atoms with Gasteiger partial charge in [0, 0.05) is 24.0 Å². The predicted molar refractivity (Wildman–Crippen MR) is 101 cm³/mol. The number of halogens is 1. The van der Waals surface area contributed by atoms with Gasteiger partial charge in [-0.15, -0.1) is 11.3 Å². The highest BCUT2D eigenvalue weighted by Gasteiger charge is 2.26. The molecular weight excluding hydrogens is 360 g/mol. The van der Waals surface area contributed by atoms with Crippen molar-refractivity contribution < 1.29 is 14.3 Å². The van der Waals surface area contributed by atoms with E-state index in [0.717, 1.165) is 13.0 Å². The number of rotatable bonds is 5. The van der Waals surface area contributed by atoms with Gasteiger partial charge in [-0.2, -0.15) is 0 Å². The first kappa shape index (κ1) is 17.9. The molecule has 2 aromatic rings. The molecule has 1 aliphatic heterocycles. The lowest BCUT2D eigenvalue weighted by molar-refractivity contribution is -0.132. The van der Waals surface area contributed by atoms with Crippen molar-refractivity contribution in [3.05, 3.63) is 39.0 Å². The maximum atomic E-state index is 12.8. The van der Waals surface area contributed by atoms with Crippen molar-refractivity contribution >= 4 is 34.5 Å². The normalized spacial score (nSPS) is 14.6. The summed E-state index contributed by atoms with van der Waals surface area (Å²) in [5.41, 5.74) is 1.92. The molecule has 1 aromatic heterocycles. The minimum absolute atomic E-state index is 0.0610. The zero-order chi connectivity index (χ0) is 18.0. The van der Waals surface area contributed by atoms with E-state index in [2.05, 4.69) is 16.8 Å². The van der Waals surface area contributed by atoms with Gasteiger partial charge in [0.25, 0.3) is 0 Å². The fraction of sp³-hybridized carbons (Fsp3) is 0.389. The van der Waals surface area contributed by atoms with Crippen molar-refractivity contribution in [2.24, 2.45) is 0 Å². The molecule has 1 unspecified atom stereocenters. The van der Waals surface area contributed by atoms with Gasteiger partial charge in [-0.25, -0.2) is 0 Å². The van der Waals surface area contributed by atoms with Crippen LogP contribution in [0.2, 0.25) is 5.02 Å². The molecule has 2 heterocycles. The Kier molecular flexibility index (Phi) is 5.39. The van der Waals surface area contributed by atoms with Gasteiger partial charge in [-0.1, -0.05) is 11.6 Å². The number of thiophene rings is 1. The van der Waals surface area contributed by atoms with Gasteiger partial charge < -0.3 is 19.7 Å². The Morgan fingerprint density at radius 1 is 1.32 bits per heavy atom. The number of carbonyl (C=O) groups excluding carboxylic acids is 1. The molecule has 7 heteroatoms. The van der Waals surface area contributed by atoms with E-state index in [9.17, 15) is 4.79 Å². The highest BCUT2D eigenvalue weighted by Crippen LogP contribution is 2.36. The predicted octanol–water partition coefficient (Wildman–Crippen LogP) is 3.80. The van der Waals surface area contributed by atoms with Gasteiger partial charge in [0.05, 0.1) is 24.9 Å². The Morgan fingerprint density at radius 2 is 2.08 bits per heavy atom. The quantitative estimate of drug-likeness (QED) is 0.857. The summed E-state index contributed by atoms with van der Waals surface area (Å²) in [6, 6.07) is 5.14. The minimum Gasteiger partial charge on any atom is -0.495 e. The van der Waals surface area contributed by atoms with Crippen LogP contribution in [0.4, 0.5) is 5.69 Å². The molecule has 1 atom stereocenters. The third-order valence-electron chi connectivity index (χ3n) is 4.34. The molecule has 1 aliphatic rings. The smallest absolute Gasteiger partial charge is 0.245 e. The van der Waals surface area contributed by atoms with Crippen molar-refractivity contribution in [2.75, 3.05) is 26.1 Å². The molecule has 0 fully saturated rings. The van der Waals surface area contributed by atoms with E-state index in [4.69, 9.17) is 21.1 Å². The van der Waals surface area contributed by atoms with E-state index in [1.54, 1.807) is 37.7 Å². The van der Waals surface area contributed by atoms with Crippen LogP contribution in [0.25, 0.3) is 0 Å². The second-order valence-corrected chi connectivity index (χ2v) is 7.34. The number of anilines is 1. The van der Waals surface area contributed by atoms with Crippen LogP contribution in [0, 0.1) is 0 Å². The minimum atomic E-state index is -0.390. The van der Waals surface area contributed by atoms with E-state index in [1.807, 2.05) is 11.8 Å². The fourth-order valence-electron chi connectivity index (χ4n) is 2.98. The highest BCUT2D eigenvalue weighted by atomic mass is 35.5. The molecule has 1 N–H and O–H groups in total. The van der Waals surface area contributed by atoms with E-state index < -0.39 is 6.04 Å². The topological polar surface area (TPSA) is 50.8 Å². The maximum absolute atomic E-state index is 12.8. The first-order valence-corrected chi connectivity index (χ1v) is 9.31. The summed E-state index contributed by atoms with van der Waals surface area (Å²) in [6.45, 7) is 3.27. The first-order valence-electron chi connectivity index (χ1n) is 8.05. The number of benzene rings is 1. The summed E-state index contributed by atoms with van der Waals surface area (Å²) in [4.78, 5) is 16.1. The largest absolute Gasteiger partial charge is 0.495 e. The fourth-order valence-corrected chi connectivity index (χ4v) is 4.11. The number of ether oxygens (including phenoxy) is 2. The molecule has 25 heavy (non-hydrogen) atoms. The lowest BCUT2D eigenvalue weighted by atomic mass is 10.1. The lowest BCUT2D eigenvalue weighted by Gasteiger charge is -2.30. The number of fused-ring (bicyclic) bond motifs is 1. The average Bonchev–Trinajstić information content (AvgIpc) is 3.09. The van der Waals surface area contributed by atoms with Crippen LogP contribution in [-0.4, -0.2) is 37.6 Å². The van der Waals surface area contributed by atoms with Crippen molar-refractivity contribution in [3.63, 3.8) is 0 Å². The van der Waals surface area contributed by atoms with E-state index >= 15 is 0 Å². The first-order chi connectivity index (χ1) is 12.0. The number of carbonyl (C=O) groups is 1. The molecule has 0 saturated carbocycles.